The number of rotatable bonds is 5. The monoisotopic (exact) mass is 469 g/mol. The highest BCUT2D eigenvalue weighted by atomic mass is 127. The Morgan fingerprint density at radius 1 is 1.35 bits per heavy atom. The number of aryl methyl sites for hydroxylation is 3. The normalized spacial score (nSPS) is 13.7. The van der Waals surface area contributed by atoms with Crippen LogP contribution in [0.1, 0.15) is 42.1 Å². The van der Waals surface area contributed by atoms with E-state index in [1.807, 2.05) is 7.05 Å². The summed E-state index contributed by atoms with van der Waals surface area (Å²) in [5, 5.41) is 7.76. The van der Waals surface area contributed by atoms with E-state index in [1.54, 1.807) is 11.8 Å². The minimum Gasteiger partial charge on any atom is -0.481 e. The number of halogens is 1. The Morgan fingerprint density at radius 3 is 2.85 bits per heavy atom. The number of benzene rings is 1. The number of guanidine groups is 1. The van der Waals surface area contributed by atoms with Gasteiger partial charge in [-0.1, -0.05) is 19.1 Å². The fourth-order valence-corrected chi connectivity index (χ4v) is 3.54. The summed E-state index contributed by atoms with van der Waals surface area (Å²) >= 11 is 0. The van der Waals surface area contributed by atoms with Crippen molar-refractivity contribution >= 4 is 35.6 Å². The minimum atomic E-state index is 0. The topological polar surface area (TPSA) is 77.5 Å². The van der Waals surface area contributed by atoms with Gasteiger partial charge in [-0.25, -0.2) is 9.67 Å². The van der Waals surface area contributed by atoms with Gasteiger partial charge >= 0.3 is 0 Å². The van der Waals surface area contributed by atoms with Crippen molar-refractivity contribution in [3.05, 3.63) is 40.6 Å². The van der Waals surface area contributed by atoms with Crippen molar-refractivity contribution in [3.8, 4) is 5.88 Å². The number of hydrogen-bond acceptors (Lipinski definition) is 3. The van der Waals surface area contributed by atoms with Gasteiger partial charge in [0.2, 0.25) is 5.88 Å². The van der Waals surface area contributed by atoms with Crippen LogP contribution in [0.4, 0.5) is 5.69 Å². The molecule has 3 rings (SSSR count). The highest BCUT2D eigenvalue weighted by Crippen LogP contribution is 2.28. The van der Waals surface area contributed by atoms with Crippen molar-refractivity contribution in [1.29, 1.82) is 0 Å². The van der Waals surface area contributed by atoms with E-state index < -0.39 is 0 Å². The SMILES string of the molecule is CCc1nn(C)c(OC)c1CN=C(N)Nc1cccc2c1CCCC2.I. The van der Waals surface area contributed by atoms with E-state index in [1.165, 1.54) is 24.0 Å². The summed E-state index contributed by atoms with van der Waals surface area (Å²) in [4.78, 5) is 4.52. The molecule has 0 saturated carbocycles. The molecular weight excluding hydrogens is 441 g/mol. The molecule has 7 heteroatoms. The maximum Gasteiger partial charge on any atom is 0.216 e. The van der Waals surface area contributed by atoms with E-state index >= 15 is 0 Å². The number of ether oxygens (including phenoxy) is 1. The summed E-state index contributed by atoms with van der Waals surface area (Å²) in [5.74, 6) is 1.16. The van der Waals surface area contributed by atoms with E-state index in [0.717, 1.165) is 42.1 Å². The smallest absolute Gasteiger partial charge is 0.216 e. The molecule has 3 N–H and O–H groups in total. The second kappa shape index (κ2) is 9.25. The summed E-state index contributed by atoms with van der Waals surface area (Å²) < 4.78 is 7.20. The van der Waals surface area contributed by atoms with Gasteiger partial charge in [0, 0.05) is 12.7 Å². The summed E-state index contributed by atoms with van der Waals surface area (Å²) in [5.41, 5.74) is 12.0. The van der Waals surface area contributed by atoms with Gasteiger partial charge in [-0.05, 0) is 49.3 Å². The van der Waals surface area contributed by atoms with Crippen LogP contribution >= 0.6 is 24.0 Å². The Labute approximate surface area is 172 Å². The maximum atomic E-state index is 6.15. The lowest BCUT2D eigenvalue weighted by molar-refractivity contribution is 0.369. The molecule has 1 aromatic heterocycles. The number of aliphatic imine (C=N–C) groups is 1. The molecule has 0 radical (unpaired) electrons. The van der Waals surface area contributed by atoms with Crippen LogP contribution in [0.5, 0.6) is 5.88 Å². The van der Waals surface area contributed by atoms with Gasteiger partial charge in [-0.15, -0.1) is 24.0 Å². The van der Waals surface area contributed by atoms with Gasteiger partial charge in [0.1, 0.15) is 0 Å². The first-order valence-corrected chi connectivity index (χ1v) is 8.90. The zero-order valence-corrected chi connectivity index (χ0v) is 18.0. The molecule has 0 atom stereocenters. The lowest BCUT2D eigenvalue weighted by Gasteiger charge is -2.19. The number of methoxy groups -OCH3 is 1. The zero-order chi connectivity index (χ0) is 17.8. The minimum absolute atomic E-state index is 0. The van der Waals surface area contributed by atoms with Crippen molar-refractivity contribution in [2.24, 2.45) is 17.8 Å². The van der Waals surface area contributed by atoms with Gasteiger partial charge < -0.3 is 15.8 Å². The third-order valence-electron chi connectivity index (χ3n) is 4.77. The highest BCUT2D eigenvalue weighted by molar-refractivity contribution is 14.0. The molecule has 1 heterocycles. The predicted octanol–water partition coefficient (Wildman–Crippen LogP) is 3.41. The molecule has 0 saturated heterocycles. The third-order valence-corrected chi connectivity index (χ3v) is 4.77. The van der Waals surface area contributed by atoms with Crippen LogP contribution in [0.3, 0.4) is 0 Å². The zero-order valence-electron chi connectivity index (χ0n) is 15.7. The number of aromatic nitrogens is 2. The molecule has 0 spiro atoms. The molecule has 142 valence electrons. The summed E-state index contributed by atoms with van der Waals surface area (Å²) in [6.07, 6.45) is 5.58. The molecule has 1 aliphatic carbocycles. The van der Waals surface area contributed by atoms with Crippen molar-refractivity contribution in [2.75, 3.05) is 12.4 Å². The fraction of sp³-hybridized carbons (Fsp3) is 0.474. The highest BCUT2D eigenvalue weighted by Gasteiger charge is 2.16. The van der Waals surface area contributed by atoms with E-state index in [2.05, 4.69) is 40.5 Å². The molecule has 1 aliphatic rings. The Balaban J connectivity index is 0.00000243. The first kappa shape index (κ1) is 20.5. The fourth-order valence-electron chi connectivity index (χ4n) is 3.54. The third kappa shape index (κ3) is 4.31. The first-order chi connectivity index (χ1) is 12.1. The van der Waals surface area contributed by atoms with Crippen LogP contribution in [0.2, 0.25) is 0 Å². The lowest BCUT2D eigenvalue weighted by atomic mass is 9.90. The van der Waals surface area contributed by atoms with Crippen molar-refractivity contribution in [2.45, 2.75) is 45.6 Å². The predicted molar refractivity (Wildman–Crippen MR) is 117 cm³/mol. The molecule has 2 aromatic rings. The van der Waals surface area contributed by atoms with Crippen LogP contribution in [-0.2, 0) is 32.9 Å². The largest absolute Gasteiger partial charge is 0.481 e. The van der Waals surface area contributed by atoms with Crippen molar-refractivity contribution < 1.29 is 4.74 Å². The second-order valence-electron chi connectivity index (χ2n) is 6.39. The Hall–Kier alpha value is -1.77. The van der Waals surface area contributed by atoms with E-state index in [-0.39, 0.29) is 24.0 Å². The number of nitrogens with zero attached hydrogens (tertiary/aromatic N) is 3. The molecule has 0 aliphatic heterocycles. The van der Waals surface area contributed by atoms with E-state index in [0.29, 0.717) is 12.5 Å². The Kier molecular flexibility index (Phi) is 7.31. The number of anilines is 1. The van der Waals surface area contributed by atoms with Gasteiger partial charge in [-0.2, -0.15) is 5.10 Å². The van der Waals surface area contributed by atoms with Gasteiger partial charge in [-0.3, -0.25) is 0 Å². The molecule has 0 amide bonds. The summed E-state index contributed by atoms with van der Waals surface area (Å²) in [6.45, 7) is 2.53. The maximum absolute atomic E-state index is 6.15. The number of nitrogens with one attached hydrogen (secondary N) is 1. The van der Waals surface area contributed by atoms with Crippen LogP contribution in [0.15, 0.2) is 23.2 Å². The van der Waals surface area contributed by atoms with Crippen LogP contribution in [-0.4, -0.2) is 22.8 Å². The van der Waals surface area contributed by atoms with Crippen molar-refractivity contribution in [1.82, 2.24) is 9.78 Å². The number of nitrogens with two attached hydrogens (primary N) is 1. The quantitative estimate of drug-likeness (QED) is 0.400. The summed E-state index contributed by atoms with van der Waals surface area (Å²) in [7, 11) is 3.53. The van der Waals surface area contributed by atoms with E-state index in [4.69, 9.17) is 10.5 Å². The van der Waals surface area contributed by atoms with Gasteiger partial charge in [0.05, 0.1) is 24.9 Å². The molecule has 6 nitrogen and oxygen atoms in total. The molecule has 0 bridgehead atoms. The Morgan fingerprint density at radius 2 is 2.12 bits per heavy atom. The van der Waals surface area contributed by atoms with Crippen LogP contribution in [0, 0.1) is 0 Å². The van der Waals surface area contributed by atoms with Crippen LogP contribution in [0.25, 0.3) is 0 Å². The summed E-state index contributed by atoms with van der Waals surface area (Å²) in [6, 6.07) is 6.37. The van der Waals surface area contributed by atoms with Crippen LogP contribution < -0.4 is 15.8 Å². The lowest BCUT2D eigenvalue weighted by Crippen LogP contribution is -2.24. The molecule has 0 unspecified atom stereocenters. The molecule has 26 heavy (non-hydrogen) atoms. The Bertz CT molecular complexity index is 784. The average molecular weight is 469 g/mol. The molecule has 1 aromatic carbocycles. The first-order valence-electron chi connectivity index (χ1n) is 8.90. The second-order valence-corrected chi connectivity index (χ2v) is 6.39. The molecule has 0 fully saturated rings. The number of fused-ring (bicyclic) bond motifs is 1. The van der Waals surface area contributed by atoms with Gasteiger partial charge in [0.25, 0.3) is 0 Å². The van der Waals surface area contributed by atoms with E-state index in [9.17, 15) is 0 Å². The average Bonchev–Trinajstić information content (AvgIpc) is 2.95. The van der Waals surface area contributed by atoms with Gasteiger partial charge in [0.15, 0.2) is 5.96 Å². The number of hydrogen-bond donors (Lipinski definition) is 2. The van der Waals surface area contributed by atoms with Crippen molar-refractivity contribution in [3.63, 3.8) is 0 Å². The molecular formula is C19H28IN5O. The standard InChI is InChI=1S/C19H27N5O.HI/c1-4-16-15(18(25-3)24(2)23-16)12-21-19(20)22-17-11-7-9-13-8-5-6-10-14(13)17;/h7,9,11H,4-6,8,10,12H2,1-3H3,(H3,20,21,22);1H.